The largest absolute Gasteiger partial charge is 0.377 e. The highest BCUT2D eigenvalue weighted by atomic mass is 32.1. The molecule has 0 spiro atoms. The molecule has 0 radical (unpaired) electrons. The topological polar surface area (TPSA) is 55.2 Å². The summed E-state index contributed by atoms with van der Waals surface area (Å²) in [6, 6.07) is 0. The maximum absolute atomic E-state index is 9.65. The van der Waals surface area contributed by atoms with Crippen LogP contribution in [-0.4, -0.2) is 23.5 Å². The highest BCUT2D eigenvalue weighted by Gasteiger charge is 1.99. The van der Waals surface area contributed by atoms with Crippen molar-refractivity contribution in [1.82, 2.24) is 5.32 Å². The molecule has 5 heteroatoms. The number of hydrogen-bond acceptors (Lipinski definition) is 3. The van der Waals surface area contributed by atoms with E-state index in [-0.39, 0.29) is 11.5 Å². The second kappa shape index (κ2) is 3.31. The SMILES string of the molecule is CNC(=S)C[N+](=O)[O-]. The Labute approximate surface area is 52.0 Å². The van der Waals surface area contributed by atoms with Crippen LogP contribution < -0.4 is 5.32 Å². The molecule has 1 N–H and O–H groups in total. The van der Waals surface area contributed by atoms with Gasteiger partial charge < -0.3 is 5.32 Å². The lowest BCUT2D eigenvalue weighted by molar-refractivity contribution is -0.463. The predicted molar refractivity (Wildman–Crippen MR) is 33.5 cm³/mol. The van der Waals surface area contributed by atoms with E-state index in [2.05, 4.69) is 17.5 Å². The Balaban J connectivity index is 3.40. The Bertz CT molecular complexity index is 114. The molecule has 0 aliphatic rings. The molecule has 0 fully saturated rings. The first-order chi connectivity index (χ1) is 3.66. The van der Waals surface area contributed by atoms with Crippen LogP contribution in [0.3, 0.4) is 0 Å². The summed E-state index contributed by atoms with van der Waals surface area (Å²) in [7, 11) is 1.56. The maximum atomic E-state index is 9.65. The lowest BCUT2D eigenvalue weighted by atomic mass is 10.6. The average Bonchev–Trinajstić information content (AvgIpc) is 1.65. The minimum Gasteiger partial charge on any atom is -0.377 e. The fraction of sp³-hybridized carbons (Fsp3) is 0.667. The van der Waals surface area contributed by atoms with Gasteiger partial charge in [-0.15, -0.1) is 0 Å². The summed E-state index contributed by atoms with van der Waals surface area (Å²) in [5.74, 6) is 0. The van der Waals surface area contributed by atoms with Crippen LogP contribution in [-0.2, 0) is 0 Å². The Hall–Kier alpha value is -0.710. The van der Waals surface area contributed by atoms with Gasteiger partial charge in [0.1, 0.15) is 4.99 Å². The van der Waals surface area contributed by atoms with E-state index in [4.69, 9.17) is 0 Å². The number of likely N-dealkylation sites (N-methyl/N-ethyl adjacent to an activating group) is 1. The minimum atomic E-state index is -0.473. The summed E-state index contributed by atoms with van der Waals surface area (Å²) in [5, 5.41) is 12.1. The Morgan fingerprint density at radius 3 is 2.62 bits per heavy atom. The number of hydrogen-bond donors (Lipinski definition) is 1. The van der Waals surface area contributed by atoms with Gasteiger partial charge in [0.25, 0.3) is 6.54 Å². The quantitative estimate of drug-likeness (QED) is 0.323. The van der Waals surface area contributed by atoms with E-state index < -0.39 is 4.92 Å². The summed E-state index contributed by atoms with van der Waals surface area (Å²) in [6.07, 6.45) is 0. The van der Waals surface area contributed by atoms with Crippen molar-refractivity contribution in [3.63, 3.8) is 0 Å². The Morgan fingerprint density at radius 2 is 2.50 bits per heavy atom. The number of rotatable bonds is 2. The van der Waals surface area contributed by atoms with Crippen LogP contribution >= 0.6 is 12.2 Å². The van der Waals surface area contributed by atoms with E-state index in [1.54, 1.807) is 7.05 Å². The monoisotopic (exact) mass is 134 g/mol. The van der Waals surface area contributed by atoms with Crippen LogP contribution in [0.1, 0.15) is 0 Å². The van der Waals surface area contributed by atoms with E-state index in [0.717, 1.165) is 0 Å². The molecular weight excluding hydrogens is 128 g/mol. The normalized spacial score (nSPS) is 8.12. The third-order valence-electron chi connectivity index (χ3n) is 0.552. The lowest BCUT2D eigenvalue weighted by Gasteiger charge is -1.92. The molecule has 0 atom stereocenters. The van der Waals surface area contributed by atoms with Crippen LogP contribution in [0.15, 0.2) is 0 Å². The van der Waals surface area contributed by atoms with Gasteiger partial charge in [-0.2, -0.15) is 0 Å². The van der Waals surface area contributed by atoms with Crippen molar-refractivity contribution in [3.05, 3.63) is 10.1 Å². The molecule has 0 amide bonds. The van der Waals surface area contributed by atoms with Gasteiger partial charge in [0.15, 0.2) is 0 Å². The Morgan fingerprint density at radius 1 is 2.00 bits per heavy atom. The molecule has 0 aliphatic carbocycles. The van der Waals surface area contributed by atoms with Gasteiger partial charge in [-0.3, -0.25) is 10.1 Å². The molecule has 0 aromatic heterocycles. The van der Waals surface area contributed by atoms with Crippen molar-refractivity contribution in [2.45, 2.75) is 0 Å². The maximum Gasteiger partial charge on any atom is 0.253 e. The molecule has 8 heavy (non-hydrogen) atoms. The molecule has 0 heterocycles. The molecule has 0 saturated carbocycles. The van der Waals surface area contributed by atoms with E-state index in [1.165, 1.54) is 0 Å². The van der Waals surface area contributed by atoms with Crippen LogP contribution in [0.2, 0.25) is 0 Å². The van der Waals surface area contributed by atoms with Crippen LogP contribution in [0.25, 0.3) is 0 Å². The molecule has 0 rings (SSSR count). The molecule has 0 bridgehead atoms. The first-order valence-electron chi connectivity index (χ1n) is 1.99. The minimum absolute atomic E-state index is 0.259. The molecule has 0 saturated heterocycles. The van der Waals surface area contributed by atoms with E-state index in [0.29, 0.717) is 0 Å². The third-order valence-corrected chi connectivity index (χ3v) is 0.885. The van der Waals surface area contributed by atoms with Crippen molar-refractivity contribution in [2.75, 3.05) is 13.6 Å². The molecule has 46 valence electrons. The number of nitrogens with zero attached hydrogens (tertiary/aromatic N) is 1. The fourth-order valence-corrected chi connectivity index (χ4v) is 0.302. The smallest absolute Gasteiger partial charge is 0.253 e. The van der Waals surface area contributed by atoms with Crippen molar-refractivity contribution in [1.29, 1.82) is 0 Å². The summed E-state index contributed by atoms with van der Waals surface area (Å²) in [6.45, 7) is -0.272. The third kappa shape index (κ3) is 3.48. The van der Waals surface area contributed by atoms with Crippen LogP contribution in [0.4, 0.5) is 0 Å². The molecular formula is C3H6N2O2S. The van der Waals surface area contributed by atoms with E-state index in [1.807, 2.05) is 0 Å². The van der Waals surface area contributed by atoms with Crippen LogP contribution in [0, 0.1) is 10.1 Å². The average molecular weight is 134 g/mol. The molecule has 0 unspecified atom stereocenters. The van der Waals surface area contributed by atoms with Crippen molar-refractivity contribution < 1.29 is 4.92 Å². The zero-order valence-electron chi connectivity index (χ0n) is 4.38. The summed E-state index contributed by atoms with van der Waals surface area (Å²) >= 11 is 4.48. The number of nitro groups is 1. The first-order valence-corrected chi connectivity index (χ1v) is 2.40. The van der Waals surface area contributed by atoms with Gasteiger partial charge >= 0.3 is 0 Å². The number of thiocarbonyl (C=S) groups is 1. The van der Waals surface area contributed by atoms with Gasteiger partial charge in [-0.25, -0.2) is 0 Å². The Kier molecular flexibility index (Phi) is 3.02. The van der Waals surface area contributed by atoms with Gasteiger partial charge in [-0.1, -0.05) is 12.2 Å². The standard InChI is InChI=1S/C3H6N2O2S/c1-4-3(8)2-5(6)7/h2H2,1H3,(H,4,8). The highest BCUT2D eigenvalue weighted by molar-refractivity contribution is 7.80. The second-order valence-corrected chi connectivity index (χ2v) is 1.66. The lowest BCUT2D eigenvalue weighted by Crippen LogP contribution is -2.24. The van der Waals surface area contributed by atoms with Crippen molar-refractivity contribution in [2.24, 2.45) is 0 Å². The second-order valence-electron chi connectivity index (χ2n) is 1.16. The van der Waals surface area contributed by atoms with Crippen molar-refractivity contribution in [3.8, 4) is 0 Å². The molecule has 0 aliphatic heterocycles. The van der Waals surface area contributed by atoms with Crippen molar-refractivity contribution >= 4 is 17.2 Å². The highest BCUT2D eigenvalue weighted by Crippen LogP contribution is 1.70. The summed E-state index contributed by atoms with van der Waals surface area (Å²) in [5.41, 5.74) is 0. The summed E-state index contributed by atoms with van der Waals surface area (Å²) < 4.78 is 0. The molecule has 0 aromatic carbocycles. The van der Waals surface area contributed by atoms with E-state index >= 15 is 0 Å². The zero-order valence-corrected chi connectivity index (χ0v) is 5.20. The molecule has 0 aromatic rings. The predicted octanol–water partition coefficient (Wildman–Crippen LogP) is -0.190. The number of nitrogens with one attached hydrogen (secondary N) is 1. The van der Waals surface area contributed by atoms with Gasteiger partial charge in [-0.05, 0) is 0 Å². The zero-order chi connectivity index (χ0) is 6.57. The molecule has 4 nitrogen and oxygen atoms in total. The van der Waals surface area contributed by atoms with Gasteiger partial charge in [0.05, 0.1) is 0 Å². The van der Waals surface area contributed by atoms with E-state index in [9.17, 15) is 10.1 Å². The van der Waals surface area contributed by atoms with Crippen LogP contribution in [0.5, 0.6) is 0 Å². The van der Waals surface area contributed by atoms with Gasteiger partial charge in [0, 0.05) is 12.0 Å². The summed E-state index contributed by atoms with van der Waals surface area (Å²) in [4.78, 5) is 9.43. The fourth-order valence-electron chi connectivity index (χ4n) is 0.196. The van der Waals surface area contributed by atoms with Gasteiger partial charge in [0.2, 0.25) is 0 Å². The first kappa shape index (κ1) is 7.29.